The van der Waals surface area contributed by atoms with Gasteiger partial charge in [0.15, 0.2) is 5.96 Å². The second kappa shape index (κ2) is 10.3. The molecule has 3 rings (SSSR count). The van der Waals surface area contributed by atoms with E-state index in [1.165, 1.54) is 38.5 Å². The van der Waals surface area contributed by atoms with Crippen LogP contribution in [0.4, 0.5) is 0 Å². The Labute approximate surface area is 180 Å². The number of benzene rings is 1. The maximum atomic E-state index is 12.0. The van der Waals surface area contributed by atoms with E-state index < -0.39 is 0 Å². The summed E-state index contributed by atoms with van der Waals surface area (Å²) in [5.41, 5.74) is 2.33. The van der Waals surface area contributed by atoms with Gasteiger partial charge < -0.3 is 15.5 Å². The lowest BCUT2D eigenvalue weighted by atomic mass is 9.73. The van der Waals surface area contributed by atoms with Gasteiger partial charge in [-0.1, -0.05) is 31.4 Å². The Bertz CT molecular complexity index is 655. The largest absolute Gasteiger partial charge is 0.352 e. The van der Waals surface area contributed by atoms with Gasteiger partial charge in [-0.15, -0.1) is 24.0 Å². The van der Waals surface area contributed by atoms with Gasteiger partial charge in [0.05, 0.1) is 0 Å². The fourth-order valence-electron chi connectivity index (χ4n) is 4.42. The van der Waals surface area contributed by atoms with Crippen molar-refractivity contribution in [3.8, 4) is 0 Å². The number of nitrogens with one attached hydrogen (secondary N) is 2. The van der Waals surface area contributed by atoms with Gasteiger partial charge in [-0.2, -0.15) is 0 Å². The van der Waals surface area contributed by atoms with Crippen LogP contribution in [-0.4, -0.2) is 43.4 Å². The number of likely N-dealkylation sites (tertiary alicyclic amines) is 1. The Morgan fingerprint density at radius 3 is 2.67 bits per heavy atom. The third kappa shape index (κ3) is 5.59. The van der Waals surface area contributed by atoms with E-state index in [4.69, 9.17) is 0 Å². The fraction of sp³-hybridized carbons (Fsp3) is 0.619. The number of halogens is 1. The molecule has 1 aliphatic heterocycles. The smallest absolute Gasteiger partial charge is 0.251 e. The van der Waals surface area contributed by atoms with Gasteiger partial charge in [0.25, 0.3) is 5.91 Å². The molecule has 1 aliphatic carbocycles. The van der Waals surface area contributed by atoms with Gasteiger partial charge in [-0.05, 0) is 49.3 Å². The van der Waals surface area contributed by atoms with Crippen LogP contribution in [-0.2, 0) is 6.54 Å². The molecular weight excluding hydrogens is 451 g/mol. The summed E-state index contributed by atoms with van der Waals surface area (Å²) in [7, 11) is 1.86. The molecule has 1 saturated carbocycles. The topological polar surface area (TPSA) is 56.7 Å². The van der Waals surface area contributed by atoms with E-state index in [2.05, 4.69) is 26.6 Å². The second-order valence-electron chi connectivity index (χ2n) is 7.69. The second-order valence-corrected chi connectivity index (χ2v) is 7.69. The lowest BCUT2D eigenvalue weighted by Crippen LogP contribution is -2.41. The maximum Gasteiger partial charge on any atom is 0.251 e. The molecule has 2 N–H and O–H groups in total. The first-order chi connectivity index (χ1) is 12.7. The molecule has 150 valence electrons. The van der Waals surface area contributed by atoms with Crippen LogP contribution in [0, 0.1) is 5.41 Å². The van der Waals surface area contributed by atoms with Crippen LogP contribution in [0.3, 0.4) is 0 Å². The van der Waals surface area contributed by atoms with Crippen molar-refractivity contribution in [2.24, 2.45) is 10.4 Å². The first kappa shape index (κ1) is 22.0. The van der Waals surface area contributed by atoms with Crippen molar-refractivity contribution in [1.29, 1.82) is 0 Å². The molecule has 6 heteroatoms. The number of carbonyl (C=O) groups excluding carboxylic acids is 1. The summed E-state index contributed by atoms with van der Waals surface area (Å²) >= 11 is 0. The molecular formula is C21H33IN4O. The minimum atomic E-state index is -0.0162. The molecule has 1 saturated heterocycles. The highest BCUT2D eigenvalue weighted by molar-refractivity contribution is 14.0. The van der Waals surface area contributed by atoms with Crippen molar-refractivity contribution >= 4 is 35.8 Å². The highest BCUT2D eigenvalue weighted by Gasteiger charge is 2.39. The minimum Gasteiger partial charge on any atom is -0.352 e. The predicted molar refractivity (Wildman–Crippen MR) is 122 cm³/mol. The molecule has 1 aromatic rings. The molecule has 27 heavy (non-hydrogen) atoms. The van der Waals surface area contributed by atoms with Crippen molar-refractivity contribution in [1.82, 2.24) is 15.5 Å². The molecule has 0 bridgehead atoms. The van der Waals surface area contributed by atoms with Crippen LogP contribution in [0.25, 0.3) is 0 Å². The van der Waals surface area contributed by atoms with E-state index in [1.807, 2.05) is 32.2 Å². The average Bonchev–Trinajstić information content (AvgIpc) is 3.06. The average molecular weight is 484 g/mol. The molecule has 1 aromatic carbocycles. The molecule has 0 aromatic heterocycles. The molecule has 1 spiro atoms. The Balaban J connectivity index is 0.00000261. The van der Waals surface area contributed by atoms with E-state index in [-0.39, 0.29) is 29.9 Å². The van der Waals surface area contributed by atoms with Crippen molar-refractivity contribution in [2.75, 3.05) is 26.7 Å². The highest BCUT2D eigenvalue weighted by atomic mass is 127. The zero-order valence-electron chi connectivity index (χ0n) is 16.6. The summed E-state index contributed by atoms with van der Waals surface area (Å²) in [5, 5.41) is 6.34. The number of guanidine groups is 1. The quantitative estimate of drug-likeness (QED) is 0.389. The first-order valence-corrected chi connectivity index (χ1v) is 9.98. The van der Waals surface area contributed by atoms with Gasteiger partial charge in [0.1, 0.15) is 0 Å². The summed E-state index contributed by atoms with van der Waals surface area (Å²) in [4.78, 5) is 18.9. The summed E-state index contributed by atoms with van der Waals surface area (Å²) in [6.07, 6.45) is 8.19. The molecule has 2 fully saturated rings. The monoisotopic (exact) mass is 484 g/mol. The number of aliphatic imine (C=N–C) groups is 1. The third-order valence-corrected chi connectivity index (χ3v) is 5.84. The van der Waals surface area contributed by atoms with Gasteiger partial charge >= 0.3 is 0 Å². The molecule has 1 amide bonds. The lowest BCUT2D eigenvalue weighted by molar-refractivity contribution is 0.0955. The summed E-state index contributed by atoms with van der Waals surface area (Å²) in [6.45, 7) is 5.49. The Morgan fingerprint density at radius 1 is 1.19 bits per heavy atom. The van der Waals surface area contributed by atoms with Crippen molar-refractivity contribution in [2.45, 2.75) is 52.0 Å². The lowest BCUT2D eigenvalue weighted by Gasteiger charge is -2.33. The van der Waals surface area contributed by atoms with E-state index in [0.29, 0.717) is 24.1 Å². The number of nitrogens with zero attached hydrogens (tertiary/aromatic N) is 2. The van der Waals surface area contributed by atoms with Gasteiger partial charge in [-0.3, -0.25) is 9.79 Å². The zero-order chi connectivity index (χ0) is 18.4. The molecule has 2 aliphatic rings. The number of carbonyl (C=O) groups is 1. The van der Waals surface area contributed by atoms with E-state index in [9.17, 15) is 4.79 Å². The SMILES string of the molecule is CCNC(=O)c1cccc(CNC(=NC)N2CCC3(CCCCC3)C2)c1.I. The minimum absolute atomic E-state index is 0. The number of amides is 1. The van der Waals surface area contributed by atoms with Gasteiger partial charge in [-0.25, -0.2) is 0 Å². The molecule has 0 unspecified atom stereocenters. The first-order valence-electron chi connectivity index (χ1n) is 9.98. The van der Waals surface area contributed by atoms with Crippen LogP contribution >= 0.6 is 24.0 Å². The van der Waals surface area contributed by atoms with Gasteiger partial charge in [0, 0.05) is 38.8 Å². The Kier molecular flexibility index (Phi) is 8.38. The third-order valence-electron chi connectivity index (χ3n) is 5.84. The molecule has 1 heterocycles. The Hall–Kier alpha value is -1.31. The number of hydrogen-bond donors (Lipinski definition) is 2. The molecule has 5 nitrogen and oxygen atoms in total. The van der Waals surface area contributed by atoms with Crippen LogP contribution in [0.2, 0.25) is 0 Å². The van der Waals surface area contributed by atoms with E-state index >= 15 is 0 Å². The molecule has 0 radical (unpaired) electrons. The Morgan fingerprint density at radius 2 is 1.96 bits per heavy atom. The van der Waals surface area contributed by atoms with Crippen LogP contribution < -0.4 is 10.6 Å². The maximum absolute atomic E-state index is 12.0. The van der Waals surface area contributed by atoms with Crippen molar-refractivity contribution < 1.29 is 4.79 Å². The molecule has 0 atom stereocenters. The van der Waals surface area contributed by atoms with Crippen LogP contribution in [0.1, 0.15) is 61.4 Å². The normalized spacial score (nSPS) is 18.9. The van der Waals surface area contributed by atoms with E-state index in [0.717, 1.165) is 24.6 Å². The van der Waals surface area contributed by atoms with Crippen LogP contribution in [0.5, 0.6) is 0 Å². The summed E-state index contributed by atoms with van der Waals surface area (Å²) in [5.74, 6) is 0.966. The fourth-order valence-corrected chi connectivity index (χ4v) is 4.42. The standard InChI is InChI=1S/C21H32N4O.HI/c1-3-23-19(26)18-9-7-8-17(14-18)15-24-20(22-2)25-13-12-21(16-25)10-5-4-6-11-21;/h7-9,14H,3-6,10-13,15-16H2,1-2H3,(H,22,24)(H,23,26);1H. The predicted octanol–water partition coefficient (Wildman–Crippen LogP) is 3.79. The van der Waals surface area contributed by atoms with Gasteiger partial charge in [0.2, 0.25) is 0 Å². The number of rotatable bonds is 4. The van der Waals surface area contributed by atoms with Crippen molar-refractivity contribution in [3.63, 3.8) is 0 Å². The van der Waals surface area contributed by atoms with E-state index in [1.54, 1.807) is 0 Å². The summed E-state index contributed by atoms with van der Waals surface area (Å²) in [6, 6.07) is 7.81. The van der Waals surface area contributed by atoms with Crippen LogP contribution in [0.15, 0.2) is 29.3 Å². The highest BCUT2D eigenvalue weighted by Crippen LogP contribution is 2.43. The zero-order valence-corrected chi connectivity index (χ0v) is 18.9. The summed E-state index contributed by atoms with van der Waals surface area (Å²) < 4.78 is 0. The number of hydrogen-bond acceptors (Lipinski definition) is 2. The van der Waals surface area contributed by atoms with Crippen molar-refractivity contribution in [3.05, 3.63) is 35.4 Å².